The van der Waals surface area contributed by atoms with Crippen molar-refractivity contribution in [2.24, 2.45) is 5.73 Å². The number of aromatic amines is 1. The molecule has 1 fully saturated rings. The van der Waals surface area contributed by atoms with Crippen molar-refractivity contribution in [1.82, 2.24) is 15.6 Å². The van der Waals surface area contributed by atoms with E-state index >= 15 is 0 Å². The molecule has 0 spiro atoms. The Labute approximate surface area is 132 Å². The summed E-state index contributed by atoms with van der Waals surface area (Å²) in [7, 11) is 0. The monoisotopic (exact) mass is 314 g/mol. The van der Waals surface area contributed by atoms with Crippen molar-refractivity contribution in [1.29, 1.82) is 0 Å². The molecular weight excluding hydrogens is 296 g/mol. The molecule has 3 rings (SSSR count). The second-order valence-corrected chi connectivity index (χ2v) is 5.69. The van der Waals surface area contributed by atoms with Gasteiger partial charge in [-0.1, -0.05) is 18.2 Å². The molecule has 0 unspecified atom stereocenters. The molecular formula is C16H18N4O3. The number of aromatic nitrogens is 1. The maximum Gasteiger partial charge on any atom is 0.243 e. The van der Waals surface area contributed by atoms with E-state index in [0.29, 0.717) is 19.3 Å². The van der Waals surface area contributed by atoms with Gasteiger partial charge in [0.15, 0.2) is 0 Å². The summed E-state index contributed by atoms with van der Waals surface area (Å²) in [4.78, 5) is 38.2. The van der Waals surface area contributed by atoms with Gasteiger partial charge < -0.3 is 21.4 Å². The molecule has 2 aromatic rings. The van der Waals surface area contributed by atoms with E-state index in [0.717, 1.165) is 16.5 Å². The number of rotatable bonds is 5. The van der Waals surface area contributed by atoms with Crippen molar-refractivity contribution in [3.8, 4) is 0 Å². The van der Waals surface area contributed by atoms with Gasteiger partial charge >= 0.3 is 0 Å². The molecule has 7 heteroatoms. The number of fused-ring (bicyclic) bond motifs is 1. The number of carbonyl (C=O) groups excluding carboxylic acids is 3. The number of para-hydroxylation sites is 1. The minimum atomic E-state index is -0.820. The Morgan fingerprint density at radius 1 is 1.35 bits per heavy atom. The normalized spacial score (nSPS) is 18.6. The zero-order chi connectivity index (χ0) is 16.4. The largest absolute Gasteiger partial charge is 0.368 e. The van der Waals surface area contributed by atoms with Gasteiger partial charge in [-0.3, -0.25) is 14.4 Å². The Bertz CT molecular complexity index is 768. The number of H-pyrrole nitrogens is 1. The third-order valence-electron chi connectivity index (χ3n) is 4.07. The van der Waals surface area contributed by atoms with Crippen LogP contribution in [0.4, 0.5) is 0 Å². The van der Waals surface area contributed by atoms with Crippen LogP contribution in [0.2, 0.25) is 0 Å². The molecule has 1 aromatic carbocycles. The maximum atomic E-state index is 12.2. The molecule has 1 saturated heterocycles. The summed E-state index contributed by atoms with van der Waals surface area (Å²) in [5, 5.41) is 6.21. The van der Waals surface area contributed by atoms with E-state index in [-0.39, 0.29) is 11.8 Å². The first-order valence-corrected chi connectivity index (χ1v) is 7.48. The molecule has 5 N–H and O–H groups in total. The predicted molar refractivity (Wildman–Crippen MR) is 84.3 cm³/mol. The van der Waals surface area contributed by atoms with E-state index in [1.165, 1.54) is 0 Å². The third-order valence-corrected chi connectivity index (χ3v) is 4.07. The van der Waals surface area contributed by atoms with Crippen molar-refractivity contribution >= 4 is 28.6 Å². The van der Waals surface area contributed by atoms with Crippen LogP contribution >= 0.6 is 0 Å². The predicted octanol–water partition coefficient (Wildman–Crippen LogP) is -0.0409. The van der Waals surface area contributed by atoms with Gasteiger partial charge in [-0.2, -0.15) is 0 Å². The highest BCUT2D eigenvalue weighted by molar-refractivity contribution is 5.94. The molecule has 120 valence electrons. The fraction of sp³-hybridized carbons (Fsp3) is 0.312. The zero-order valence-electron chi connectivity index (χ0n) is 12.5. The minimum absolute atomic E-state index is 0.155. The molecule has 1 aromatic heterocycles. The summed E-state index contributed by atoms with van der Waals surface area (Å²) in [5.74, 6) is -1.13. The first kappa shape index (κ1) is 15.1. The highest BCUT2D eigenvalue weighted by Crippen LogP contribution is 2.19. The number of hydrogen-bond acceptors (Lipinski definition) is 3. The second kappa shape index (κ2) is 6.12. The summed E-state index contributed by atoms with van der Waals surface area (Å²) in [6, 6.07) is 6.29. The van der Waals surface area contributed by atoms with Gasteiger partial charge in [0.25, 0.3) is 0 Å². The van der Waals surface area contributed by atoms with Crippen molar-refractivity contribution in [3.05, 3.63) is 36.0 Å². The highest BCUT2D eigenvalue weighted by Gasteiger charge is 2.30. The lowest BCUT2D eigenvalue weighted by molar-refractivity contribution is -0.129. The average molecular weight is 314 g/mol. The lowest BCUT2D eigenvalue weighted by Crippen LogP contribution is -2.51. The Kier molecular flexibility index (Phi) is 4.01. The van der Waals surface area contributed by atoms with E-state index in [2.05, 4.69) is 15.6 Å². The SMILES string of the molecule is NC(=O)[C@H](Cc1c[nH]c2ccccc12)NC(=O)[C@H]1CCC(=O)N1. The van der Waals surface area contributed by atoms with E-state index in [9.17, 15) is 14.4 Å². The maximum absolute atomic E-state index is 12.2. The Morgan fingerprint density at radius 2 is 2.13 bits per heavy atom. The van der Waals surface area contributed by atoms with E-state index in [4.69, 9.17) is 5.73 Å². The molecule has 2 atom stereocenters. The van der Waals surface area contributed by atoms with Gasteiger partial charge in [0.1, 0.15) is 12.1 Å². The van der Waals surface area contributed by atoms with Crippen LogP contribution in [0.5, 0.6) is 0 Å². The number of hydrogen-bond donors (Lipinski definition) is 4. The van der Waals surface area contributed by atoms with Gasteiger partial charge in [-0.15, -0.1) is 0 Å². The van der Waals surface area contributed by atoms with E-state index in [1.807, 2.05) is 30.5 Å². The highest BCUT2D eigenvalue weighted by atomic mass is 16.2. The Morgan fingerprint density at radius 3 is 2.83 bits per heavy atom. The van der Waals surface area contributed by atoms with Crippen LogP contribution in [-0.4, -0.2) is 34.8 Å². The number of nitrogens with two attached hydrogens (primary N) is 1. The number of carbonyl (C=O) groups is 3. The second-order valence-electron chi connectivity index (χ2n) is 5.69. The molecule has 0 aliphatic carbocycles. The van der Waals surface area contributed by atoms with Crippen molar-refractivity contribution in [3.63, 3.8) is 0 Å². The van der Waals surface area contributed by atoms with Crippen molar-refractivity contribution in [2.75, 3.05) is 0 Å². The van der Waals surface area contributed by atoms with Crippen LogP contribution in [0.3, 0.4) is 0 Å². The Balaban J connectivity index is 1.73. The zero-order valence-corrected chi connectivity index (χ0v) is 12.5. The van der Waals surface area contributed by atoms with Gasteiger partial charge in [0, 0.05) is 29.9 Å². The third kappa shape index (κ3) is 3.18. The molecule has 0 radical (unpaired) electrons. The first-order valence-electron chi connectivity index (χ1n) is 7.48. The summed E-state index contributed by atoms with van der Waals surface area (Å²) >= 11 is 0. The van der Waals surface area contributed by atoms with Crippen LogP contribution in [0.1, 0.15) is 18.4 Å². The van der Waals surface area contributed by atoms with Gasteiger partial charge in [-0.25, -0.2) is 0 Å². The van der Waals surface area contributed by atoms with Crippen LogP contribution < -0.4 is 16.4 Å². The lowest BCUT2D eigenvalue weighted by Gasteiger charge is -2.18. The van der Waals surface area contributed by atoms with Crippen LogP contribution in [0.15, 0.2) is 30.5 Å². The van der Waals surface area contributed by atoms with Crippen LogP contribution in [0, 0.1) is 0 Å². The molecule has 0 bridgehead atoms. The van der Waals surface area contributed by atoms with Crippen molar-refractivity contribution in [2.45, 2.75) is 31.3 Å². The number of amides is 3. The molecule has 3 amide bonds. The molecule has 0 saturated carbocycles. The van der Waals surface area contributed by atoms with Crippen LogP contribution in [0.25, 0.3) is 10.9 Å². The quantitative estimate of drug-likeness (QED) is 0.620. The summed E-state index contributed by atoms with van der Waals surface area (Å²) in [6.07, 6.45) is 2.86. The van der Waals surface area contributed by atoms with Crippen molar-refractivity contribution < 1.29 is 14.4 Å². The molecule has 23 heavy (non-hydrogen) atoms. The lowest BCUT2D eigenvalue weighted by atomic mass is 10.0. The fourth-order valence-corrected chi connectivity index (χ4v) is 2.83. The van der Waals surface area contributed by atoms with E-state index in [1.54, 1.807) is 0 Å². The number of benzene rings is 1. The van der Waals surface area contributed by atoms with Gasteiger partial charge in [0.05, 0.1) is 0 Å². The summed E-state index contributed by atoms with van der Waals surface area (Å²) < 4.78 is 0. The molecule has 1 aliphatic rings. The Hall–Kier alpha value is -2.83. The molecule has 1 aliphatic heterocycles. The summed E-state index contributed by atoms with van der Waals surface area (Å²) in [6.45, 7) is 0. The number of primary amides is 1. The molecule has 2 heterocycles. The first-order chi connectivity index (χ1) is 11.0. The number of nitrogens with one attached hydrogen (secondary N) is 3. The topological polar surface area (TPSA) is 117 Å². The smallest absolute Gasteiger partial charge is 0.243 e. The standard InChI is InChI=1S/C16H18N4O3/c17-15(22)13(20-16(23)12-5-6-14(21)19-12)7-9-8-18-11-4-2-1-3-10(9)11/h1-4,8,12-13,18H,5-7H2,(H2,17,22)(H,19,21)(H,20,23)/t12-,13+/m1/s1. The van der Waals surface area contributed by atoms with Crippen LogP contribution in [-0.2, 0) is 20.8 Å². The van der Waals surface area contributed by atoms with Gasteiger partial charge in [0.2, 0.25) is 17.7 Å². The fourth-order valence-electron chi connectivity index (χ4n) is 2.83. The summed E-state index contributed by atoms with van der Waals surface area (Å²) in [5.41, 5.74) is 7.28. The van der Waals surface area contributed by atoms with E-state index < -0.39 is 18.0 Å². The molecule has 7 nitrogen and oxygen atoms in total. The minimum Gasteiger partial charge on any atom is -0.368 e. The average Bonchev–Trinajstić information content (AvgIpc) is 3.13. The van der Waals surface area contributed by atoms with Gasteiger partial charge in [-0.05, 0) is 18.1 Å².